The molecule has 1 aliphatic rings. The van der Waals surface area contributed by atoms with Crippen molar-refractivity contribution in [3.8, 4) is 11.3 Å². The van der Waals surface area contributed by atoms with Gasteiger partial charge in [0.2, 0.25) is 0 Å². The molecule has 1 atom stereocenters. The van der Waals surface area contributed by atoms with E-state index in [2.05, 4.69) is 0 Å². The van der Waals surface area contributed by atoms with Gasteiger partial charge in [0.15, 0.2) is 11.5 Å². The van der Waals surface area contributed by atoms with Gasteiger partial charge in [0, 0.05) is 31.3 Å². The summed E-state index contributed by atoms with van der Waals surface area (Å²) in [6, 6.07) is 10.2. The average molecular weight is 385 g/mol. The summed E-state index contributed by atoms with van der Waals surface area (Å²) in [4.78, 5) is 37.5. The zero-order chi connectivity index (χ0) is 20.3. The molecule has 1 aliphatic heterocycles. The third-order valence-electron chi connectivity index (χ3n) is 5.13. The Labute approximate surface area is 162 Å². The maximum Gasteiger partial charge on any atom is 0.313 e. The monoisotopic (exact) mass is 385 g/mol. The van der Waals surface area contributed by atoms with E-state index in [1.807, 2.05) is 0 Å². The van der Waals surface area contributed by atoms with Crippen molar-refractivity contribution in [3.05, 3.63) is 47.7 Å². The molecule has 1 aromatic heterocycles. The van der Waals surface area contributed by atoms with Crippen LogP contribution in [0.1, 0.15) is 40.7 Å². The van der Waals surface area contributed by atoms with E-state index in [0.29, 0.717) is 30.7 Å². The molecule has 2 aromatic rings. The molecule has 2 heterocycles. The number of benzene rings is 1. The standard InChI is InChI=1S/C21H23NO6/c1-14(23)15-4-6-16(7-5-15)17-8-9-18(28-17)19(24)22-11-3-10-21(12-22,13-27-2)20(25)26/h4-9H,3,10-13H2,1-2H3,(H,25,26). The highest BCUT2D eigenvalue weighted by Crippen LogP contribution is 2.32. The molecule has 0 spiro atoms. The smallest absolute Gasteiger partial charge is 0.313 e. The molecule has 148 valence electrons. The van der Waals surface area contributed by atoms with Gasteiger partial charge in [0.05, 0.1) is 6.61 Å². The lowest BCUT2D eigenvalue weighted by Gasteiger charge is -2.39. The molecule has 7 nitrogen and oxygen atoms in total. The Morgan fingerprint density at radius 3 is 2.50 bits per heavy atom. The van der Waals surface area contributed by atoms with E-state index < -0.39 is 11.4 Å². The van der Waals surface area contributed by atoms with Crippen LogP contribution in [0.5, 0.6) is 0 Å². The third kappa shape index (κ3) is 3.84. The SMILES string of the molecule is COCC1(C(=O)O)CCCN(C(=O)c2ccc(-c3ccc(C(C)=O)cc3)o2)C1. The van der Waals surface area contributed by atoms with Gasteiger partial charge < -0.3 is 19.2 Å². The summed E-state index contributed by atoms with van der Waals surface area (Å²) in [6.45, 7) is 2.11. The summed E-state index contributed by atoms with van der Waals surface area (Å²) in [5, 5.41) is 9.64. The van der Waals surface area contributed by atoms with Crippen LogP contribution in [0.4, 0.5) is 0 Å². The van der Waals surface area contributed by atoms with Crippen molar-refractivity contribution in [1.82, 2.24) is 4.90 Å². The van der Waals surface area contributed by atoms with Crippen LogP contribution in [0, 0.1) is 5.41 Å². The van der Waals surface area contributed by atoms with Crippen molar-refractivity contribution in [1.29, 1.82) is 0 Å². The maximum absolute atomic E-state index is 12.9. The molecule has 0 saturated carbocycles. The van der Waals surface area contributed by atoms with Gasteiger partial charge in [-0.25, -0.2) is 0 Å². The number of carbonyl (C=O) groups excluding carboxylic acids is 2. The number of piperidine rings is 1. The minimum atomic E-state index is -1.10. The first-order chi connectivity index (χ1) is 13.4. The molecule has 0 aliphatic carbocycles. The topological polar surface area (TPSA) is 97.0 Å². The predicted octanol–water partition coefficient (Wildman–Crippen LogP) is 3.10. The minimum absolute atomic E-state index is 0.0232. The van der Waals surface area contributed by atoms with Crippen LogP contribution in [0.2, 0.25) is 0 Å². The highest BCUT2D eigenvalue weighted by Gasteiger charge is 2.44. The van der Waals surface area contributed by atoms with Crippen molar-refractivity contribution < 1.29 is 28.6 Å². The second kappa shape index (κ2) is 7.98. The molecule has 0 radical (unpaired) electrons. The van der Waals surface area contributed by atoms with Gasteiger partial charge in [-0.3, -0.25) is 14.4 Å². The molecule has 28 heavy (non-hydrogen) atoms. The number of amides is 1. The number of hydrogen-bond acceptors (Lipinski definition) is 5. The fourth-order valence-corrected chi connectivity index (χ4v) is 3.57. The summed E-state index contributed by atoms with van der Waals surface area (Å²) in [7, 11) is 1.46. The number of carboxylic acids is 1. The lowest BCUT2D eigenvalue weighted by Crippen LogP contribution is -2.52. The van der Waals surface area contributed by atoms with E-state index in [1.165, 1.54) is 18.9 Å². The molecule has 1 N–H and O–H groups in total. The largest absolute Gasteiger partial charge is 0.481 e. The summed E-state index contributed by atoms with van der Waals surface area (Å²) in [5.41, 5.74) is 0.255. The Morgan fingerprint density at radius 2 is 1.89 bits per heavy atom. The van der Waals surface area contributed by atoms with E-state index in [4.69, 9.17) is 9.15 Å². The summed E-state index contributed by atoms with van der Waals surface area (Å²) >= 11 is 0. The average Bonchev–Trinajstić information content (AvgIpc) is 3.18. The molecule has 1 saturated heterocycles. The van der Waals surface area contributed by atoms with Crippen LogP contribution >= 0.6 is 0 Å². The zero-order valence-electron chi connectivity index (χ0n) is 15.9. The van der Waals surface area contributed by atoms with Gasteiger partial charge >= 0.3 is 5.97 Å². The number of carbonyl (C=O) groups is 3. The number of furan rings is 1. The maximum atomic E-state index is 12.9. The van der Waals surface area contributed by atoms with E-state index in [1.54, 1.807) is 36.4 Å². The molecule has 1 amide bonds. The second-order valence-electron chi connectivity index (χ2n) is 7.15. The van der Waals surface area contributed by atoms with E-state index in [9.17, 15) is 19.5 Å². The summed E-state index contributed by atoms with van der Waals surface area (Å²) < 4.78 is 10.8. The molecule has 1 aromatic carbocycles. The van der Waals surface area contributed by atoms with Gasteiger partial charge in [-0.05, 0) is 31.9 Å². The van der Waals surface area contributed by atoms with Crippen LogP contribution in [0.3, 0.4) is 0 Å². The Hall–Kier alpha value is -2.93. The second-order valence-corrected chi connectivity index (χ2v) is 7.15. The van der Waals surface area contributed by atoms with Crippen molar-refractivity contribution in [3.63, 3.8) is 0 Å². The molecule has 3 rings (SSSR count). The normalized spacial score (nSPS) is 19.4. The highest BCUT2D eigenvalue weighted by atomic mass is 16.5. The number of carboxylic acid groups (broad SMARTS) is 1. The van der Waals surface area contributed by atoms with Crippen LogP contribution < -0.4 is 0 Å². The van der Waals surface area contributed by atoms with Gasteiger partial charge in [-0.15, -0.1) is 0 Å². The fourth-order valence-electron chi connectivity index (χ4n) is 3.57. The molecule has 1 fully saturated rings. The Kier molecular flexibility index (Phi) is 5.65. The van der Waals surface area contributed by atoms with Crippen molar-refractivity contribution in [2.24, 2.45) is 5.41 Å². The first-order valence-electron chi connectivity index (χ1n) is 9.09. The molecule has 0 bridgehead atoms. The Bertz CT molecular complexity index is 881. The van der Waals surface area contributed by atoms with Gasteiger partial charge in [-0.1, -0.05) is 24.3 Å². The summed E-state index contributed by atoms with van der Waals surface area (Å²) in [5.74, 6) is -0.656. The zero-order valence-corrected chi connectivity index (χ0v) is 15.9. The van der Waals surface area contributed by atoms with Gasteiger partial charge in [-0.2, -0.15) is 0 Å². The lowest BCUT2D eigenvalue weighted by atomic mass is 9.80. The molecular weight excluding hydrogens is 362 g/mol. The number of ether oxygens (including phenoxy) is 1. The number of ketones is 1. The Balaban J connectivity index is 1.78. The molecule has 7 heteroatoms. The van der Waals surface area contributed by atoms with Crippen molar-refractivity contribution in [2.45, 2.75) is 19.8 Å². The number of Topliss-reactive ketones (excluding diaryl/α,β-unsaturated/α-hetero) is 1. The quantitative estimate of drug-likeness (QED) is 0.768. The number of likely N-dealkylation sites (tertiary alicyclic amines) is 1. The minimum Gasteiger partial charge on any atom is -0.481 e. The number of hydrogen-bond donors (Lipinski definition) is 1. The van der Waals surface area contributed by atoms with Gasteiger partial charge in [0.25, 0.3) is 5.91 Å². The van der Waals surface area contributed by atoms with Crippen LogP contribution in [-0.2, 0) is 9.53 Å². The summed E-state index contributed by atoms with van der Waals surface area (Å²) in [6.07, 6.45) is 1.05. The number of aliphatic carboxylic acids is 1. The molecular formula is C21H23NO6. The number of rotatable bonds is 6. The third-order valence-corrected chi connectivity index (χ3v) is 5.13. The van der Waals surface area contributed by atoms with Crippen molar-refractivity contribution >= 4 is 17.7 Å². The van der Waals surface area contributed by atoms with E-state index in [-0.39, 0.29) is 30.6 Å². The van der Waals surface area contributed by atoms with E-state index in [0.717, 1.165) is 5.56 Å². The lowest BCUT2D eigenvalue weighted by molar-refractivity contribution is -0.155. The Morgan fingerprint density at radius 1 is 1.18 bits per heavy atom. The van der Waals surface area contributed by atoms with Crippen LogP contribution in [0.15, 0.2) is 40.8 Å². The number of nitrogens with zero attached hydrogens (tertiary/aromatic N) is 1. The first-order valence-corrected chi connectivity index (χ1v) is 9.09. The highest BCUT2D eigenvalue weighted by molar-refractivity contribution is 5.95. The first kappa shape index (κ1) is 19.8. The fraction of sp³-hybridized carbons (Fsp3) is 0.381. The van der Waals surface area contributed by atoms with Crippen LogP contribution in [-0.4, -0.2) is 54.5 Å². The molecule has 1 unspecified atom stereocenters. The van der Waals surface area contributed by atoms with E-state index >= 15 is 0 Å². The predicted molar refractivity (Wildman–Crippen MR) is 101 cm³/mol. The van der Waals surface area contributed by atoms with Crippen LogP contribution in [0.25, 0.3) is 11.3 Å². The van der Waals surface area contributed by atoms with Crippen molar-refractivity contribution in [2.75, 3.05) is 26.8 Å². The number of methoxy groups -OCH3 is 1. The van der Waals surface area contributed by atoms with Gasteiger partial charge in [0.1, 0.15) is 11.2 Å².